The fraction of sp³-hybridized carbons (Fsp3) is 0.857. The normalized spacial score (nSPS) is 19.6. The lowest BCUT2D eigenvalue weighted by molar-refractivity contribution is -0.440. The second-order valence-corrected chi connectivity index (χ2v) is 6.50. The average molecular weight is 541 g/mol. The van der Waals surface area contributed by atoms with E-state index >= 15 is 0 Å². The van der Waals surface area contributed by atoms with Crippen LogP contribution in [0.4, 0.5) is 57.1 Å². The predicted octanol–water partition coefficient (Wildman–Crippen LogP) is 1.60. The summed E-state index contributed by atoms with van der Waals surface area (Å²) in [5, 5.41) is 45.1. The van der Waals surface area contributed by atoms with Crippen LogP contribution in [0, 0.1) is 0 Å². The molecule has 0 saturated heterocycles. The molecule has 20 heteroatoms. The van der Waals surface area contributed by atoms with Crippen LogP contribution in [0.3, 0.4) is 0 Å². The quantitative estimate of drug-likeness (QED) is 0.237. The molecule has 0 aromatic rings. The lowest BCUT2D eigenvalue weighted by atomic mass is 9.90. The van der Waals surface area contributed by atoms with Gasteiger partial charge in [0.1, 0.15) is 18.3 Å². The van der Waals surface area contributed by atoms with Gasteiger partial charge >= 0.3 is 41.8 Å². The lowest BCUT2D eigenvalue weighted by Gasteiger charge is -2.39. The Morgan fingerprint density at radius 3 is 1.35 bits per heavy atom. The van der Waals surface area contributed by atoms with E-state index in [1.165, 1.54) is 0 Å². The van der Waals surface area contributed by atoms with Crippen molar-refractivity contribution in [2.75, 3.05) is 0 Å². The average Bonchev–Trinajstić information content (AvgIpc) is 2.69. The second kappa shape index (κ2) is 9.61. The molecule has 0 radical (unpaired) electrons. The smallest absolute Gasteiger partial charge is 0.460 e. The third-order valence-electron chi connectivity index (χ3n) is 4.10. The van der Waals surface area contributed by atoms with Gasteiger partial charge in [0.05, 0.1) is 0 Å². The highest BCUT2D eigenvalue weighted by Gasteiger charge is 2.90. The topological polar surface area (TPSA) is 135 Å². The van der Waals surface area contributed by atoms with Crippen molar-refractivity contribution in [3.05, 3.63) is 0 Å². The number of rotatable bonds is 12. The molecule has 0 bridgehead atoms. The van der Waals surface area contributed by atoms with E-state index in [1.54, 1.807) is 0 Å². The Morgan fingerprint density at radius 2 is 1.00 bits per heavy atom. The Hall–Kier alpha value is -1.93. The predicted molar refractivity (Wildman–Crippen MR) is 76.7 cm³/mol. The standard InChI is InChI=1S/C14H13F13O7/c15-9(16,2-1-3(28)4(29)5(30)6(31)7(32)8(33)34)10(17,18)11(19,20)12(21,22)13(23,24)14(25,26)27/h4-7,29-32H,1-2H2,(H,33,34)/t4-,5+,6+,7-/m0/s1/i2D/t2?,4-,5+,6+,7-. The first kappa shape index (κ1) is 30.1. The first-order chi connectivity index (χ1) is 15.1. The van der Waals surface area contributed by atoms with Crippen LogP contribution in [0.2, 0.25) is 0 Å². The fourth-order valence-corrected chi connectivity index (χ4v) is 1.97. The van der Waals surface area contributed by atoms with Gasteiger partial charge in [-0.1, -0.05) is 0 Å². The van der Waals surface area contributed by atoms with Crippen LogP contribution in [-0.2, 0) is 9.59 Å². The number of aliphatic hydroxyl groups excluding tert-OH is 4. The van der Waals surface area contributed by atoms with E-state index in [-0.39, 0.29) is 0 Å². The number of Topliss-reactive ketones (excluding diaryl/α,β-unsaturated/α-hetero) is 1. The molecule has 7 nitrogen and oxygen atoms in total. The van der Waals surface area contributed by atoms with Crippen molar-refractivity contribution in [3.8, 4) is 0 Å². The molecule has 5 N–H and O–H groups in total. The largest absolute Gasteiger partial charge is 0.479 e. The summed E-state index contributed by atoms with van der Waals surface area (Å²) in [5.41, 5.74) is 0. The number of carbonyl (C=O) groups excluding carboxylic acids is 1. The number of carbonyl (C=O) groups is 2. The number of carboxylic acid groups (broad SMARTS) is 1. The molecule has 0 rings (SSSR count). The third kappa shape index (κ3) is 5.33. The Kier molecular flexibility index (Phi) is 8.51. The van der Waals surface area contributed by atoms with Crippen molar-refractivity contribution in [2.24, 2.45) is 0 Å². The Balaban J connectivity index is 6.04. The molecule has 0 aliphatic carbocycles. The maximum absolute atomic E-state index is 13.8. The van der Waals surface area contributed by atoms with E-state index in [2.05, 4.69) is 0 Å². The first-order valence-corrected chi connectivity index (χ1v) is 8.00. The molecule has 0 fully saturated rings. The minimum atomic E-state index is -8.23. The van der Waals surface area contributed by atoms with Gasteiger partial charge in [0.25, 0.3) is 0 Å². The number of hydrogen-bond donors (Lipinski definition) is 5. The maximum Gasteiger partial charge on any atom is 0.460 e. The molecule has 0 aliphatic rings. The Labute approximate surface area is 179 Å². The van der Waals surface area contributed by atoms with Gasteiger partial charge in [-0.2, -0.15) is 57.1 Å². The zero-order valence-corrected chi connectivity index (χ0v) is 15.6. The van der Waals surface area contributed by atoms with Gasteiger partial charge in [-0.05, 0) is 0 Å². The summed E-state index contributed by atoms with van der Waals surface area (Å²) < 4.78 is 176. The monoisotopic (exact) mass is 541 g/mol. The van der Waals surface area contributed by atoms with Gasteiger partial charge in [0.2, 0.25) is 0 Å². The van der Waals surface area contributed by atoms with Gasteiger partial charge in [0.15, 0.2) is 11.9 Å². The number of ketones is 1. The number of alkyl halides is 13. The maximum atomic E-state index is 13.8. The molecule has 5 atom stereocenters. The summed E-state index contributed by atoms with van der Waals surface area (Å²) in [6, 6.07) is 0. The molecule has 0 heterocycles. The van der Waals surface area contributed by atoms with Gasteiger partial charge in [-0.25, -0.2) is 4.79 Å². The van der Waals surface area contributed by atoms with Crippen molar-refractivity contribution in [3.63, 3.8) is 0 Å². The molecule has 1 unspecified atom stereocenters. The molecule has 34 heavy (non-hydrogen) atoms. The van der Waals surface area contributed by atoms with Crippen LogP contribution in [0.5, 0.6) is 0 Å². The zero-order chi connectivity index (χ0) is 28.7. The van der Waals surface area contributed by atoms with E-state index in [4.69, 9.17) is 11.6 Å². The summed E-state index contributed by atoms with van der Waals surface area (Å²) >= 11 is 0. The molecule has 0 saturated carbocycles. The number of aliphatic hydroxyl groups is 4. The van der Waals surface area contributed by atoms with Crippen molar-refractivity contribution in [2.45, 2.75) is 73.0 Å². The van der Waals surface area contributed by atoms with E-state index in [1.807, 2.05) is 0 Å². The van der Waals surface area contributed by atoms with Crippen LogP contribution < -0.4 is 0 Å². The van der Waals surface area contributed by atoms with Crippen molar-refractivity contribution in [1.82, 2.24) is 0 Å². The zero-order valence-electron chi connectivity index (χ0n) is 16.6. The van der Waals surface area contributed by atoms with Gasteiger partial charge in [0, 0.05) is 14.2 Å². The first-order valence-electron chi connectivity index (χ1n) is 8.58. The summed E-state index contributed by atoms with van der Waals surface area (Å²) in [5.74, 6) is -44.1. The van der Waals surface area contributed by atoms with Crippen LogP contribution in [0.15, 0.2) is 0 Å². The Bertz CT molecular complexity index is 789. The molecular formula is C14H13F13O7. The van der Waals surface area contributed by atoms with Gasteiger partial charge in [-0.15, -0.1) is 0 Å². The summed E-state index contributed by atoms with van der Waals surface area (Å²) in [7, 11) is 0. The molecule has 202 valence electrons. The van der Waals surface area contributed by atoms with E-state index in [9.17, 15) is 82.0 Å². The van der Waals surface area contributed by atoms with Gasteiger partial charge < -0.3 is 25.5 Å². The highest BCUT2D eigenvalue weighted by atomic mass is 19.4. The number of halogens is 13. The highest BCUT2D eigenvalue weighted by Crippen LogP contribution is 2.60. The number of hydrogen-bond acceptors (Lipinski definition) is 6. The van der Waals surface area contributed by atoms with Gasteiger partial charge in [-0.3, -0.25) is 4.79 Å². The van der Waals surface area contributed by atoms with Crippen LogP contribution in [0.25, 0.3) is 0 Å². The molecular weight excluding hydrogens is 527 g/mol. The van der Waals surface area contributed by atoms with Crippen LogP contribution >= 0.6 is 0 Å². The van der Waals surface area contributed by atoms with Crippen LogP contribution in [0.1, 0.15) is 14.2 Å². The van der Waals surface area contributed by atoms with Crippen molar-refractivity contribution < 1.29 is 93.6 Å². The summed E-state index contributed by atoms with van der Waals surface area (Å²) in [4.78, 5) is 22.0. The number of carboxylic acids is 1. The molecule has 0 aromatic heterocycles. The van der Waals surface area contributed by atoms with Crippen LogP contribution in [-0.4, -0.2) is 97.5 Å². The fourth-order valence-electron chi connectivity index (χ4n) is 1.97. The van der Waals surface area contributed by atoms with Crippen molar-refractivity contribution >= 4 is 11.8 Å². The van der Waals surface area contributed by atoms with E-state index in [0.29, 0.717) is 0 Å². The molecule has 0 spiro atoms. The molecule has 0 amide bonds. The molecule has 0 aliphatic heterocycles. The third-order valence-corrected chi connectivity index (χ3v) is 4.10. The minimum Gasteiger partial charge on any atom is -0.479 e. The summed E-state index contributed by atoms with van der Waals surface area (Å²) in [6.45, 7) is 0. The number of aliphatic carboxylic acids is 1. The lowest BCUT2D eigenvalue weighted by Crippen LogP contribution is -2.70. The minimum absolute atomic E-state index is 2.31. The van der Waals surface area contributed by atoms with E-state index < -0.39 is 84.8 Å². The Morgan fingerprint density at radius 1 is 0.647 bits per heavy atom. The van der Waals surface area contributed by atoms with E-state index in [0.717, 1.165) is 0 Å². The molecule has 0 aromatic carbocycles. The summed E-state index contributed by atoms with van der Waals surface area (Å²) in [6.07, 6.45) is -27.1. The highest BCUT2D eigenvalue weighted by molar-refractivity contribution is 5.83. The SMILES string of the molecule is [2H]C(CC(=O)[C@H](O)[C@@H](O)[C@@H](O)[C@H](O)C(=O)O)C(F)(F)C(F)(F)C(F)(F)C(F)(F)C(F)(F)C(F)(F)F. The second-order valence-electron chi connectivity index (χ2n) is 6.50. The van der Waals surface area contributed by atoms with Crippen molar-refractivity contribution in [1.29, 1.82) is 0 Å².